The van der Waals surface area contributed by atoms with Gasteiger partial charge in [0.2, 0.25) is 5.89 Å². The highest BCUT2D eigenvalue weighted by atomic mass is 35.5. The first-order valence-electron chi connectivity index (χ1n) is 5.01. The summed E-state index contributed by atoms with van der Waals surface area (Å²) in [6.07, 6.45) is 5.84. The normalized spacial score (nSPS) is 25.7. The average Bonchev–Trinajstić information content (AvgIpc) is 2.87. The van der Waals surface area contributed by atoms with E-state index in [1.54, 1.807) is 0 Å². The molecule has 1 aliphatic rings. The Morgan fingerprint density at radius 3 is 3.07 bits per heavy atom. The Kier molecular flexibility index (Phi) is 3.75. The van der Waals surface area contributed by atoms with Crippen LogP contribution in [0, 0.1) is 0 Å². The van der Waals surface area contributed by atoms with Crippen LogP contribution in [0.4, 0.5) is 6.01 Å². The minimum absolute atomic E-state index is 0.269. The van der Waals surface area contributed by atoms with Crippen LogP contribution in [-0.2, 0) is 5.88 Å². The molecular formula is C9H14ClN3OS. The quantitative estimate of drug-likeness (QED) is 0.829. The zero-order chi connectivity index (χ0) is 10.7. The predicted octanol–water partition coefficient (Wildman–Crippen LogP) is 2.50. The van der Waals surface area contributed by atoms with Crippen molar-refractivity contribution in [2.45, 2.75) is 36.4 Å². The van der Waals surface area contributed by atoms with Crippen LogP contribution in [0.2, 0.25) is 0 Å². The van der Waals surface area contributed by atoms with Gasteiger partial charge >= 0.3 is 6.01 Å². The van der Waals surface area contributed by atoms with Gasteiger partial charge in [0.25, 0.3) is 0 Å². The molecule has 0 radical (unpaired) electrons. The van der Waals surface area contributed by atoms with Gasteiger partial charge in [-0.15, -0.1) is 16.7 Å². The molecule has 1 aliphatic carbocycles. The summed E-state index contributed by atoms with van der Waals surface area (Å²) in [6.45, 7) is 0. The van der Waals surface area contributed by atoms with Crippen LogP contribution < -0.4 is 5.32 Å². The molecule has 0 saturated heterocycles. The Morgan fingerprint density at radius 1 is 1.53 bits per heavy atom. The summed E-state index contributed by atoms with van der Waals surface area (Å²) in [7, 11) is 0. The van der Waals surface area contributed by atoms with Gasteiger partial charge in [-0.25, -0.2) is 0 Å². The Labute approximate surface area is 98.2 Å². The van der Waals surface area contributed by atoms with Gasteiger partial charge in [-0.3, -0.25) is 0 Å². The Bertz CT molecular complexity index is 320. The smallest absolute Gasteiger partial charge is 0.315 e. The molecule has 6 heteroatoms. The second kappa shape index (κ2) is 5.07. The monoisotopic (exact) mass is 247 g/mol. The molecule has 2 atom stereocenters. The molecule has 84 valence electrons. The Morgan fingerprint density at radius 2 is 2.40 bits per heavy atom. The second-order valence-corrected chi connectivity index (χ2v) is 4.93. The van der Waals surface area contributed by atoms with Gasteiger partial charge in [-0.05, 0) is 19.1 Å². The van der Waals surface area contributed by atoms with E-state index < -0.39 is 0 Å². The van der Waals surface area contributed by atoms with Gasteiger partial charge in [-0.2, -0.15) is 11.8 Å². The molecule has 1 aromatic rings. The summed E-state index contributed by atoms with van der Waals surface area (Å²) in [5, 5.41) is 11.6. The van der Waals surface area contributed by atoms with Crippen LogP contribution in [0.5, 0.6) is 0 Å². The predicted molar refractivity (Wildman–Crippen MR) is 62.4 cm³/mol. The molecule has 15 heavy (non-hydrogen) atoms. The molecule has 0 spiro atoms. The minimum Gasteiger partial charge on any atom is -0.407 e. The minimum atomic E-state index is 0.269. The lowest BCUT2D eigenvalue weighted by molar-refractivity contribution is 0.518. The van der Waals surface area contributed by atoms with E-state index in [1.807, 2.05) is 11.8 Å². The van der Waals surface area contributed by atoms with Gasteiger partial charge < -0.3 is 9.73 Å². The first-order valence-corrected chi connectivity index (χ1v) is 6.83. The summed E-state index contributed by atoms with van der Waals surface area (Å²) in [5.41, 5.74) is 0. The van der Waals surface area contributed by atoms with Crippen LogP contribution >= 0.6 is 23.4 Å². The molecule has 1 aromatic heterocycles. The lowest BCUT2D eigenvalue weighted by Gasteiger charge is -2.17. The van der Waals surface area contributed by atoms with Gasteiger partial charge in [0.05, 0.1) is 0 Å². The first-order chi connectivity index (χ1) is 7.33. The fourth-order valence-corrected chi connectivity index (χ4v) is 2.94. The second-order valence-electron chi connectivity index (χ2n) is 3.59. The number of rotatable bonds is 4. The highest BCUT2D eigenvalue weighted by Crippen LogP contribution is 2.30. The zero-order valence-electron chi connectivity index (χ0n) is 8.57. The van der Waals surface area contributed by atoms with Crippen molar-refractivity contribution >= 4 is 29.4 Å². The first kappa shape index (κ1) is 11.1. The van der Waals surface area contributed by atoms with Crippen molar-refractivity contribution in [1.29, 1.82) is 0 Å². The lowest BCUT2D eigenvalue weighted by atomic mass is 10.2. The maximum Gasteiger partial charge on any atom is 0.315 e. The maximum absolute atomic E-state index is 5.58. The highest BCUT2D eigenvalue weighted by Gasteiger charge is 2.27. The van der Waals surface area contributed by atoms with Crippen molar-refractivity contribution in [3.63, 3.8) is 0 Å². The number of hydrogen-bond donors (Lipinski definition) is 1. The molecule has 4 nitrogen and oxygen atoms in total. The Balaban J connectivity index is 1.95. The number of nitrogens with zero attached hydrogens (tertiary/aromatic N) is 2. The van der Waals surface area contributed by atoms with Crippen LogP contribution in [0.25, 0.3) is 0 Å². The average molecular weight is 248 g/mol. The highest BCUT2D eigenvalue weighted by molar-refractivity contribution is 7.99. The number of alkyl halides is 1. The standard InChI is InChI=1S/C9H14ClN3OS/c1-15-7-4-2-3-6(7)11-9-13-12-8(5-10)14-9/h6-7H,2-5H2,1H3,(H,11,13). The number of thioether (sulfide) groups is 1. The molecular weight excluding hydrogens is 234 g/mol. The van der Waals surface area contributed by atoms with Crippen molar-refractivity contribution in [2.75, 3.05) is 11.6 Å². The van der Waals surface area contributed by atoms with E-state index in [2.05, 4.69) is 21.8 Å². The Hall–Kier alpha value is -0.420. The van der Waals surface area contributed by atoms with E-state index in [-0.39, 0.29) is 5.88 Å². The molecule has 2 unspecified atom stereocenters. The summed E-state index contributed by atoms with van der Waals surface area (Å²) in [4.78, 5) is 0. The number of aromatic nitrogens is 2. The van der Waals surface area contributed by atoms with E-state index in [1.165, 1.54) is 19.3 Å². The van der Waals surface area contributed by atoms with Crippen molar-refractivity contribution in [3.8, 4) is 0 Å². The third-order valence-corrected chi connectivity index (χ3v) is 4.04. The molecule has 1 heterocycles. The SMILES string of the molecule is CSC1CCCC1Nc1nnc(CCl)o1. The van der Waals surface area contributed by atoms with Gasteiger partial charge in [0.15, 0.2) is 0 Å². The van der Waals surface area contributed by atoms with E-state index in [0.29, 0.717) is 23.2 Å². The van der Waals surface area contributed by atoms with E-state index in [4.69, 9.17) is 16.0 Å². The van der Waals surface area contributed by atoms with E-state index in [0.717, 1.165) is 0 Å². The number of hydrogen-bond acceptors (Lipinski definition) is 5. The van der Waals surface area contributed by atoms with E-state index >= 15 is 0 Å². The lowest BCUT2D eigenvalue weighted by Crippen LogP contribution is -2.25. The summed E-state index contributed by atoms with van der Waals surface area (Å²) in [5.74, 6) is 0.739. The number of nitrogens with one attached hydrogen (secondary N) is 1. The molecule has 1 fully saturated rings. The van der Waals surface area contributed by atoms with Crippen molar-refractivity contribution in [1.82, 2.24) is 10.2 Å². The third kappa shape index (κ3) is 2.58. The van der Waals surface area contributed by atoms with Crippen LogP contribution in [0.15, 0.2) is 4.42 Å². The molecule has 1 saturated carbocycles. The molecule has 0 aromatic carbocycles. The van der Waals surface area contributed by atoms with Crippen molar-refractivity contribution in [2.24, 2.45) is 0 Å². The van der Waals surface area contributed by atoms with Crippen molar-refractivity contribution in [3.05, 3.63) is 5.89 Å². The fourth-order valence-electron chi connectivity index (χ4n) is 1.90. The van der Waals surface area contributed by atoms with Gasteiger partial charge in [-0.1, -0.05) is 11.5 Å². The number of anilines is 1. The van der Waals surface area contributed by atoms with Crippen molar-refractivity contribution < 1.29 is 4.42 Å². The van der Waals surface area contributed by atoms with Crippen LogP contribution in [0.1, 0.15) is 25.2 Å². The number of halogens is 1. The molecule has 0 amide bonds. The molecule has 1 N–H and O–H groups in total. The third-order valence-electron chi connectivity index (χ3n) is 2.65. The maximum atomic E-state index is 5.58. The summed E-state index contributed by atoms with van der Waals surface area (Å²) < 4.78 is 5.31. The van der Waals surface area contributed by atoms with E-state index in [9.17, 15) is 0 Å². The summed E-state index contributed by atoms with van der Waals surface area (Å²) in [6, 6.07) is 0.945. The molecule has 0 aliphatic heterocycles. The molecule has 0 bridgehead atoms. The summed E-state index contributed by atoms with van der Waals surface area (Å²) >= 11 is 7.48. The molecule has 2 rings (SSSR count). The van der Waals surface area contributed by atoms with Gasteiger partial charge in [0, 0.05) is 11.3 Å². The van der Waals surface area contributed by atoms with Crippen LogP contribution in [-0.4, -0.2) is 27.7 Å². The zero-order valence-corrected chi connectivity index (χ0v) is 10.1. The fraction of sp³-hybridized carbons (Fsp3) is 0.778. The van der Waals surface area contributed by atoms with Gasteiger partial charge in [0.1, 0.15) is 5.88 Å². The largest absolute Gasteiger partial charge is 0.407 e. The van der Waals surface area contributed by atoms with Crippen LogP contribution in [0.3, 0.4) is 0 Å². The topological polar surface area (TPSA) is 51.0 Å².